The summed E-state index contributed by atoms with van der Waals surface area (Å²) in [5.74, 6) is 1.08. The van der Waals surface area contributed by atoms with Gasteiger partial charge in [0.25, 0.3) is 0 Å². The lowest BCUT2D eigenvalue weighted by atomic mass is 10.2. The molecule has 4 nitrogen and oxygen atoms in total. The summed E-state index contributed by atoms with van der Waals surface area (Å²) in [5.41, 5.74) is 2.57. The van der Waals surface area contributed by atoms with E-state index in [1.54, 1.807) is 12.3 Å². The van der Waals surface area contributed by atoms with Crippen molar-refractivity contribution in [2.24, 2.45) is 0 Å². The second-order valence-corrected chi connectivity index (χ2v) is 6.34. The van der Waals surface area contributed by atoms with E-state index in [2.05, 4.69) is 10.1 Å². The molecule has 25 heavy (non-hydrogen) atoms. The molecular weight excluding hydrogens is 337 g/mol. The highest BCUT2D eigenvalue weighted by Gasteiger charge is 2.10. The second kappa shape index (κ2) is 6.94. The van der Waals surface area contributed by atoms with Crippen LogP contribution in [0.15, 0.2) is 82.7 Å². The Morgan fingerprint density at radius 2 is 1.92 bits per heavy atom. The molecule has 0 aliphatic carbocycles. The van der Waals surface area contributed by atoms with Crippen LogP contribution in [0.25, 0.3) is 17.0 Å². The number of rotatable bonds is 5. The Bertz CT molecular complexity index is 981. The van der Waals surface area contributed by atoms with E-state index in [1.165, 1.54) is 23.9 Å². The van der Waals surface area contributed by atoms with Crippen molar-refractivity contribution in [1.29, 1.82) is 0 Å². The Kier molecular flexibility index (Phi) is 4.35. The lowest BCUT2D eigenvalue weighted by Crippen LogP contribution is -1.96. The number of hydrogen-bond acceptors (Lipinski definition) is 4. The topological polar surface area (TPSA) is 43.9 Å². The minimum absolute atomic E-state index is 0.272. The molecule has 2 aromatic carbocycles. The summed E-state index contributed by atoms with van der Waals surface area (Å²) in [4.78, 5) is 4.35. The van der Waals surface area contributed by atoms with E-state index in [1.807, 2.05) is 53.2 Å². The van der Waals surface area contributed by atoms with E-state index in [0.717, 1.165) is 27.9 Å². The van der Waals surface area contributed by atoms with Gasteiger partial charge in [-0.1, -0.05) is 53.3 Å². The smallest absolute Gasteiger partial charge is 0.172 e. The summed E-state index contributed by atoms with van der Waals surface area (Å²) in [7, 11) is 0. The second-order valence-electron chi connectivity index (χ2n) is 5.40. The molecular formula is C19H14FN3OS. The number of imidazole rings is 1. The molecule has 2 aromatic heterocycles. The van der Waals surface area contributed by atoms with Crippen molar-refractivity contribution < 1.29 is 8.91 Å². The van der Waals surface area contributed by atoms with Crippen LogP contribution in [0.3, 0.4) is 0 Å². The van der Waals surface area contributed by atoms with Crippen molar-refractivity contribution >= 4 is 11.8 Å². The van der Waals surface area contributed by atoms with Crippen molar-refractivity contribution in [3.63, 3.8) is 0 Å². The van der Waals surface area contributed by atoms with Crippen LogP contribution >= 0.6 is 11.8 Å². The van der Waals surface area contributed by atoms with Gasteiger partial charge in [0.1, 0.15) is 5.82 Å². The van der Waals surface area contributed by atoms with Gasteiger partial charge in [-0.2, -0.15) is 0 Å². The zero-order valence-corrected chi connectivity index (χ0v) is 14.0. The molecule has 0 N–H and O–H groups in total. The predicted molar refractivity (Wildman–Crippen MR) is 95.0 cm³/mol. The van der Waals surface area contributed by atoms with Crippen molar-refractivity contribution in [2.75, 3.05) is 0 Å². The summed E-state index contributed by atoms with van der Waals surface area (Å²) in [6, 6.07) is 18.2. The van der Waals surface area contributed by atoms with Gasteiger partial charge in [0.15, 0.2) is 10.9 Å². The molecule has 0 bridgehead atoms. The highest BCUT2D eigenvalue weighted by molar-refractivity contribution is 7.98. The number of thioether (sulfide) groups is 1. The van der Waals surface area contributed by atoms with Gasteiger partial charge in [-0.25, -0.2) is 9.37 Å². The normalized spacial score (nSPS) is 10.9. The summed E-state index contributed by atoms with van der Waals surface area (Å²) in [6.45, 7) is 0. The first-order chi connectivity index (χ1) is 12.3. The molecule has 4 aromatic rings. The maximum atomic E-state index is 13.4. The van der Waals surface area contributed by atoms with Gasteiger partial charge < -0.3 is 4.52 Å². The summed E-state index contributed by atoms with van der Waals surface area (Å²) >= 11 is 1.52. The molecule has 6 heteroatoms. The Balaban J connectivity index is 1.50. The lowest BCUT2D eigenvalue weighted by Gasteiger charge is -2.06. The van der Waals surface area contributed by atoms with E-state index in [0.29, 0.717) is 5.75 Å². The first-order valence-electron chi connectivity index (χ1n) is 7.73. The molecule has 124 valence electrons. The zero-order chi connectivity index (χ0) is 17.1. The molecule has 0 fully saturated rings. The van der Waals surface area contributed by atoms with Crippen molar-refractivity contribution in [1.82, 2.24) is 14.7 Å². The minimum Gasteiger partial charge on any atom is -0.356 e. The Labute approximate surface area is 148 Å². The molecule has 0 saturated heterocycles. The highest BCUT2D eigenvalue weighted by atomic mass is 32.2. The van der Waals surface area contributed by atoms with Crippen molar-refractivity contribution in [3.8, 4) is 17.0 Å². The number of benzene rings is 2. The molecule has 0 spiro atoms. The largest absolute Gasteiger partial charge is 0.356 e. The van der Waals surface area contributed by atoms with E-state index in [9.17, 15) is 4.39 Å². The number of halogens is 1. The molecule has 0 radical (unpaired) electrons. The molecule has 4 rings (SSSR count). The fourth-order valence-electron chi connectivity index (χ4n) is 2.48. The SMILES string of the molecule is Fc1cccc(-n2ccnc2SCc2cc(-c3ccccc3)on2)c1. The average Bonchev–Trinajstić information content (AvgIpc) is 3.30. The van der Waals surface area contributed by atoms with Crippen LogP contribution in [0.4, 0.5) is 4.39 Å². The summed E-state index contributed by atoms with van der Waals surface area (Å²) < 4.78 is 20.7. The fourth-order valence-corrected chi connectivity index (χ4v) is 3.33. The molecule has 0 unspecified atom stereocenters. The molecule has 2 heterocycles. The molecule has 0 aliphatic heterocycles. The Hall–Kier alpha value is -2.86. The quantitative estimate of drug-likeness (QED) is 0.477. The van der Waals surface area contributed by atoms with E-state index >= 15 is 0 Å². The van der Waals surface area contributed by atoms with Gasteiger partial charge in [-0.15, -0.1) is 0 Å². The standard InChI is InChI=1S/C19H14FN3OS/c20-15-7-4-8-17(11-15)23-10-9-21-19(23)25-13-16-12-18(24-22-16)14-5-2-1-3-6-14/h1-12H,13H2. The third-order valence-corrected chi connectivity index (χ3v) is 4.66. The maximum Gasteiger partial charge on any atom is 0.172 e. The third kappa shape index (κ3) is 3.49. The number of aromatic nitrogens is 3. The molecule has 0 amide bonds. The monoisotopic (exact) mass is 351 g/mol. The number of hydrogen-bond donors (Lipinski definition) is 0. The molecule has 0 saturated carbocycles. The first-order valence-corrected chi connectivity index (χ1v) is 8.71. The van der Waals surface area contributed by atoms with Crippen LogP contribution in [0.1, 0.15) is 5.69 Å². The van der Waals surface area contributed by atoms with E-state index in [4.69, 9.17) is 4.52 Å². The maximum absolute atomic E-state index is 13.4. The van der Waals surface area contributed by atoms with E-state index in [-0.39, 0.29) is 5.82 Å². The van der Waals surface area contributed by atoms with Crippen LogP contribution < -0.4 is 0 Å². The van der Waals surface area contributed by atoms with Crippen LogP contribution in [0, 0.1) is 5.82 Å². The van der Waals surface area contributed by atoms with Gasteiger partial charge >= 0.3 is 0 Å². The summed E-state index contributed by atoms with van der Waals surface area (Å²) in [5, 5.41) is 4.89. The average molecular weight is 351 g/mol. The van der Waals surface area contributed by atoms with Gasteiger partial charge in [0.05, 0.1) is 11.4 Å². The Morgan fingerprint density at radius 3 is 2.76 bits per heavy atom. The zero-order valence-electron chi connectivity index (χ0n) is 13.2. The van der Waals surface area contributed by atoms with Gasteiger partial charge in [0, 0.05) is 29.8 Å². The van der Waals surface area contributed by atoms with Gasteiger partial charge in [-0.05, 0) is 18.2 Å². The van der Waals surface area contributed by atoms with Crippen molar-refractivity contribution in [3.05, 3.63) is 84.6 Å². The highest BCUT2D eigenvalue weighted by Crippen LogP contribution is 2.26. The minimum atomic E-state index is -0.272. The Morgan fingerprint density at radius 1 is 1.04 bits per heavy atom. The predicted octanol–water partition coefficient (Wildman–Crippen LogP) is 4.96. The van der Waals surface area contributed by atoms with Gasteiger partial charge in [0.2, 0.25) is 0 Å². The fraction of sp³-hybridized carbons (Fsp3) is 0.0526. The first kappa shape index (κ1) is 15.7. The lowest BCUT2D eigenvalue weighted by molar-refractivity contribution is 0.426. The van der Waals surface area contributed by atoms with E-state index < -0.39 is 0 Å². The van der Waals surface area contributed by atoms with Crippen LogP contribution in [0.2, 0.25) is 0 Å². The number of nitrogens with zero attached hydrogens (tertiary/aromatic N) is 3. The van der Waals surface area contributed by atoms with Crippen LogP contribution in [0.5, 0.6) is 0 Å². The van der Waals surface area contributed by atoms with Crippen LogP contribution in [-0.4, -0.2) is 14.7 Å². The molecule has 0 aliphatic rings. The summed E-state index contributed by atoms with van der Waals surface area (Å²) in [6.07, 6.45) is 3.51. The van der Waals surface area contributed by atoms with Gasteiger partial charge in [-0.3, -0.25) is 4.57 Å². The van der Waals surface area contributed by atoms with Crippen LogP contribution in [-0.2, 0) is 5.75 Å². The van der Waals surface area contributed by atoms with Crippen molar-refractivity contribution in [2.45, 2.75) is 10.9 Å². The molecule has 0 atom stereocenters. The third-order valence-electron chi connectivity index (χ3n) is 3.66.